The quantitative estimate of drug-likeness (QED) is 0.890. The number of hydrogen-bond acceptors (Lipinski definition) is 4. The summed E-state index contributed by atoms with van der Waals surface area (Å²) >= 11 is 0. The second-order valence-electron chi connectivity index (χ2n) is 4.96. The topological polar surface area (TPSA) is 76.1 Å². The lowest BCUT2D eigenvalue weighted by molar-refractivity contribution is -0.122. The lowest BCUT2D eigenvalue weighted by Crippen LogP contribution is -2.31. The monoisotopic (exact) mass is 282 g/mol. The van der Waals surface area contributed by atoms with E-state index in [9.17, 15) is 13.2 Å². The average Bonchev–Trinajstić information content (AvgIpc) is 2.36. The Kier molecular flexibility index (Phi) is 4.52. The van der Waals surface area contributed by atoms with E-state index in [4.69, 9.17) is 0 Å². The third-order valence-electron chi connectivity index (χ3n) is 3.27. The fourth-order valence-corrected chi connectivity index (χ4v) is 4.09. The molecule has 1 amide bonds. The van der Waals surface area contributed by atoms with E-state index in [0.29, 0.717) is 19.4 Å². The summed E-state index contributed by atoms with van der Waals surface area (Å²) in [6, 6.07) is 3.68. The maximum absolute atomic E-state index is 11.8. The number of rotatable bonds is 4. The summed E-state index contributed by atoms with van der Waals surface area (Å²) in [6.45, 7) is 0.459. The number of aromatic nitrogens is 1. The van der Waals surface area contributed by atoms with Crippen LogP contribution in [0.1, 0.15) is 24.8 Å². The van der Waals surface area contributed by atoms with Gasteiger partial charge in [-0.05, 0) is 36.5 Å². The number of pyridine rings is 1. The predicted octanol–water partition coefficient (Wildman–Crippen LogP) is 0.913. The summed E-state index contributed by atoms with van der Waals surface area (Å²) in [7, 11) is -2.93. The fourth-order valence-electron chi connectivity index (χ4n) is 2.31. The maximum Gasteiger partial charge on any atom is 0.220 e. The van der Waals surface area contributed by atoms with Gasteiger partial charge in [0.15, 0.2) is 9.84 Å². The van der Waals surface area contributed by atoms with Crippen molar-refractivity contribution in [3.63, 3.8) is 0 Å². The summed E-state index contributed by atoms with van der Waals surface area (Å²) < 4.78 is 23.0. The molecule has 2 rings (SSSR count). The lowest BCUT2D eigenvalue weighted by atomic mass is 10.0. The van der Waals surface area contributed by atoms with Gasteiger partial charge in [-0.1, -0.05) is 0 Å². The number of nitrogens with one attached hydrogen (secondary N) is 1. The molecule has 1 aromatic heterocycles. The standard InChI is InChI=1S/C13H18N2O3S/c16-13(15-9-11-3-5-14-6-4-11)8-12-2-1-7-19(17,18)10-12/h3-6,12H,1-2,7-10H2,(H,15,16). The van der Waals surface area contributed by atoms with Crippen LogP contribution in [0.15, 0.2) is 24.5 Å². The van der Waals surface area contributed by atoms with Crippen molar-refractivity contribution in [2.75, 3.05) is 11.5 Å². The van der Waals surface area contributed by atoms with Gasteiger partial charge in [-0.3, -0.25) is 9.78 Å². The van der Waals surface area contributed by atoms with Crippen LogP contribution in [0.3, 0.4) is 0 Å². The van der Waals surface area contributed by atoms with Crippen molar-refractivity contribution in [2.45, 2.75) is 25.8 Å². The SMILES string of the molecule is O=C(CC1CCCS(=O)(=O)C1)NCc1ccncc1. The van der Waals surface area contributed by atoms with E-state index in [0.717, 1.165) is 12.0 Å². The van der Waals surface area contributed by atoms with Crippen LogP contribution in [0.5, 0.6) is 0 Å². The van der Waals surface area contributed by atoms with Crippen molar-refractivity contribution in [1.29, 1.82) is 0 Å². The van der Waals surface area contributed by atoms with E-state index in [2.05, 4.69) is 10.3 Å². The molecule has 5 nitrogen and oxygen atoms in total. The number of hydrogen-bond donors (Lipinski definition) is 1. The molecule has 1 N–H and O–H groups in total. The zero-order chi connectivity index (χ0) is 13.7. The first-order valence-corrected chi connectivity index (χ1v) is 8.23. The third-order valence-corrected chi connectivity index (χ3v) is 5.16. The highest BCUT2D eigenvalue weighted by Gasteiger charge is 2.26. The zero-order valence-electron chi connectivity index (χ0n) is 10.7. The Morgan fingerprint density at radius 3 is 2.79 bits per heavy atom. The van der Waals surface area contributed by atoms with Crippen LogP contribution in [0.4, 0.5) is 0 Å². The van der Waals surface area contributed by atoms with Crippen molar-refractivity contribution in [1.82, 2.24) is 10.3 Å². The number of nitrogens with zero attached hydrogens (tertiary/aromatic N) is 1. The summed E-state index contributed by atoms with van der Waals surface area (Å²) in [6.07, 6.45) is 5.14. The number of sulfone groups is 1. The van der Waals surface area contributed by atoms with Gasteiger partial charge >= 0.3 is 0 Å². The summed E-state index contributed by atoms with van der Waals surface area (Å²) in [5.41, 5.74) is 0.986. The zero-order valence-corrected chi connectivity index (χ0v) is 11.5. The Labute approximate surface area is 113 Å². The van der Waals surface area contributed by atoms with Crippen molar-refractivity contribution >= 4 is 15.7 Å². The van der Waals surface area contributed by atoms with Gasteiger partial charge in [0.1, 0.15) is 0 Å². The predicted molar refractivity (Wildman–Crippen MR) is 72.1 cm³/mol. The first kappa shape index (κ1) is 14.0. The second-order valence-corrected chi connectivity index (χ2v) is 7.19. The van der Waals surface area contributed by atoms with E-state index < -0.39 is 9.84 Å². The van der Waals surface area contributed by atoms with Gasteiger partial charge in [-0.15, -0.1) is 0 Å². The average molecular weight is 282 g/mol. The minimum atomic E-state index is -2.93. The summed E-state index contributed by atoms with van der Waals surface area (Å²) in [5.74, 6) is 0.299. The Hall–Kier alpha value is -1.43. The van der Waals surface area contributed by atoms with Gasteiger partial charge in [-0.25, -0.2) is 8.42 Å². The molecule has 2 heterocycles. The Morgan fingerprint density at radius 2 is 2.11 bits per heavy atom. The molecule has 1 saturated heterocycles. The molecule has 1 unspecified atom stereocenters. The van der Waals surface area contributed by atoms with E-state index in [1.54, 1.807) is 12.4 Å². The van der Waals surface area contributed by atoms with Crippen LogP contribution in [0.25, 0.3) is 0 Å². The molecule has 1 atom stereocenters. The number of amides is 1. The van der Waals surface area contributed by atoms with Crippen LogP contribution >= 0.6 is 0 Å². The number of carbonyl (C=O) groups excluding carboxylic acids is 1. The molecule has 0 spiro atoms. The smallest absolute Gasteiger partial charge is 0.220 e. The van der Waals surface area contributed by atoms with Gasteiger partial charge in [0.05, 0.1) is 11.5 Å². The van der Waals surface area contributed by atoms with Gasteiger partial charge < -0.3 is 5.32 Å². The summed E-state index contributed by atoms with van der Waals surface area (Å²) in [4.78, 5) is 15.7. The van der Waals surface area contributed by atoms with E-state index in [-0.39, 0.29) is 23.3 Å². The van der Waals surface area contributed by atoms with Crippen molar-refractivity contribution in [2.24, 2.45) is 5.92 Å². The van der Waals surface area contributed by atoms with E-state index >= 15 is 0 Å². The Bertz CT molecular complexity index is 528. The highest BCUT2D eigenvalue weighted by Crippen LogP contribution is 2.21. The van der Waals surface area contributed by atoms with Crippen molar-refractivity contribution < 1.29 is 13.2 Å². The molecule has 1 aromatic rings. The molecule has 0 bridgehead atoms. The molecule has 6 heteroatoms. The molecule has 0 radical (unpaired) electrons. The lowest BCUT2D eigenvalue weighted by Gasteiger charge is -2.21. The van der Waals surface area contributed by atoms with Crippen molar-refractivity contribution in [3.8, 4) is 0 Å². The van der Waals surface area contributed by atoms with Gasteiger partial charge in [0.2, 0.25) is 5.91 Å². The van der Waals surface area contributed by atoms with Crippen LogP contribution in [-0.2, 0) is 21.2 Å². The Balaban J connectivity index is 1.78. The second kappa shape index (κ2) is 6.14. The van der Waals surface area contributed by atoms with Gasteiger partial charge in [-0.2, -0.15) is 0 Å². The largest absolute Gasteiger partial charge is 0.352 e. The fraction of sp³-hybridized carbons (Fsp3) is 0.538. The van der Waals surface area contributed by atoms with E-state index in [1.165, 1.54) is 0 Å². The third kappa shape index (κ3) is 4.63. The van der Waals surface area contributed by atoms with Crippen LogP contribution in [-0.4, -0.2) is 30.8 Å². The first-order valence-electron chi connectivity index (χ1n) is 6.41. The molecule has 1 aliphatic heterocycles. The van der Waals surface area contributed by atoms with E-state index in [1.807, 2.05) is 12.1 Å². The Morgan fingerprint density at radius 1 is 1.37 bits per heavy atom. The minimum absolute atomic E-state index is 0.0313. The van der Waals surface area contributed by atoms with Gasteiger partial charge in [0.25, 0.3) is 0 Å². The molecule has 0 saturated carbocycles. The molecule has 1 aliphatic rings. The number of carbonyl (C=O) groups is 1. The summed E-state index contributed by atoms with van der Waals surface area (Å²) in [5, 5.41) is 2.81. The van der Waals surface area contributed by atoms with Gasteiger partial charge in [0, 0.05) is 25.4 Å². The van der Waals surface area contributed by atoms with Crippen LogP contribution in [0, 0.1) is 5.92 Å². The molecule has 104 valence electrons. The first-order chi connectivity index (χ1) is 9.05. The molecule has 19 heavy (non-hydrogen) atoms. The molecule has 0 aliphatic carbocycles. The molecule has 0 aromatic carbocycles. The van der Waals surface area contributed by atoms with Crippen LogP contribution in [0.2, 0.25) is 0 Å². The van der Waals surface area contributed by atoms with Crippen LogP contribution < -0.4 is 5.32 Å². The normalized spacial score (nSPS) is 21.8. The highest BCUT2D eigenvalue weighted by molar-refractivity contribution is 7.91. The molecule has 1 fully saturated rings. The minimum Gasteiger partial charge on any atom is -0.352 e. The highest BCUT2D eigenvalue weighted by atomic mass is 32.2. The van der Waals surface area contributed by atoms with Crippen molar-refractivity contribution in [3.05, 3.63) is 30.1 Å². The maximum atomic E-state index is 11.8. The molecular formula is C13H18N2O3S. The molecular weight excluding hydrogens is 264 g/mol.